The Kier molecular flexibility index (Phi) is 5.25. The van der Waals surface area contributed by atoms with Crippen LogP contribution in [0.15, 0.2) is 24.3 Å². The number of rotatable bonds is 5. The van der Waals surface area contributed by atoms with Gasteiger partial charge in [-0.05, 0) is 44.0 Å². The van der Waals surface area contributed by atoms with E-state index in [2.05, 4.69) is 0 Å². The van der Waals surface area contributed by atoms with Crippen LogP contribution >= 0.6 is 0 Å². The molecule has 1 atom stereocenters. The Morgan fingerprint density at radius 1 is 1.10 bits per heavy atom. The monoisotopic (exact) mass is 281 g/mol. The number of amides is 1. The van der Waals surface area contributed by atoms with Gasteiger partial charge in [-0.1, -0.05) is 13.8 Å². The zero-order chi connectivity index (χ0) is 15.4. The van der Waals surface area contributed by atoms with Crippen LogP contribution in [0.4, 0.5) is 10.1 Å². The van der Waals surface area contributed by atoms with Crippen LogP contribution in [0.2, 0.25) is 0 Å². The van der Waals surface area contributed by atoms with Gasteiger partial charge in [0, 0.05) is 11.7 Å². The summed E-state index contributed by atoms with van der Waals surface area (Å²) >= 11 is 0. The Hall–Kier alpha value is -1.91. The van der Waals surface area contributed by atoms with Crippen LogP contribution in [-0.4, -0.2) is 23.0 Å². The third-order valence-corrected chi connectivity index (χ3v) is 3.06. The van der Waals surface area contributed by atoms with Gasteiger partial charge in [-0.2, -0.15) is 0 Å². The van der Waals surface area contributed by atoms with Gasteiger partial charge in [0.1, 0.15) is 11.7 Å². The van der Waals surface area contributed by atoms with Crippen LogP contribution in [0.1, 0.15) is 27.7 Å². The minimum atomic E-state index is -1.14. The Bertz CT molecular complexity index is 482. The largest absolute Gasteiger partial charge is 0.481 e. The molecular weight excluding hydrogens is 261 g/mol. The fourth-order valence-corrected chi connectivity index (χ4v) is 2.11. The van der Waals surface area contributed by atoms with Gasteiger partial charge in [0.2, 0.25) is 5.91 Å². The molecule has 1 N–H and O–H groups in total. The SMILES string of the molecule is CC(C)C(C(=O)O)C(=O)N(c1ccc(F)cc1)C(C)C. The van der Waals surface area contributed by atoms with Crippen molar-refractivity contribution in [2.75, 3.05) is 4.90 Å². The first-order valence-electron chi connectivity index (χ1n) is 6.57. The minimum absolute atomic E-state index is 0.214. The van der Waals surface area contributed by atoms with Gasteiger partial charge in [0.05, 0.1) is 0 Å². The number of hydrogen-bond donors (Lipinski definition) is 1. The van der Waals surface area contributed by atoms with E-state index in [1.807, 2.05) is 0 Å². The summed E-state index contributed by atoms with van der Waals surface area (Å²) in [6.45, 7) is 6.97. The number of benzene rings is 1. The van der Waals surface area contributed by atoms with Crippen molar-refractivity contribution in [1.29, 1.82) is 0 Å². The van der Waals surface area contributed by atoms with E-state index in [-0.39, 0.29) is 12.0 Å². The number of carbonyl (C=O) groups excluding carboxylic acids is 1. The number of anilines is 1. The molecule has 1 unspecified atom stereocenters. The molecule has 0 saturated carbocycles. The fraction of sp³-hybridized carbons (Fsp3) is 0.467. The lowest BCUT2D eigenvalue weighted by Crippen LogP contribution is -2.45. The van der Waals surface area contributed by atoms with Crippen molar-refractivity contribution in [3.05, 3.63) is 30.1 Å². The van der Waals surface area contributed by atoms with E-state index in [1.54, 1.807) is 27.7 Å². The Labute approximate surface area is 118 Å². The maximum absolute atomic E-state index is 13.0. The molecule has 5 heteroatoms. The molecule has 0 spiro atoms. The molecular formula is C15H20FNO3. The Balaban J connectivity index is 3.16. The summed E-state index contributed by atoms with van der Waals surface area (Å²) in [5, 5.41) is 9.23. The zero-order valence-corrected chi connectivity index (χ0v) is 12.1. The van der Waals surface area contributed by atoms with E-state index < -0.39 is 23.6 Å². The maximum Gasteiger partial charge on any atom is 0.316 e. The lowest BCUT2D eigenvalue weighted by Gasteiger charge is -2.30. The van der Waals surface area contributed by atoms with Crippen molar-refractivity contribution in [1.82, 2.24) is 0 Å². The molecule has 0 aliphatic rings. The van der Waals surface area contributed by atoms with Gasteiger partial charge >= 0.3 is 5.97 Å². The van der Waals surface area contributed by atoms with Gasteiger partial charge in [0.15, 0.2) is 0 Å². The highest BCUT2D eigenvalue weighted by atomic mass is 19.1. The molecule has 110 valence electrons. The zero-order valence-electron chi connectivity index (χ0n) is 12.1. The second-order valence-corrected chi connectivity index (χ2v) is 5.34. The minimum Gasteiger partial charge on any atom is -0.481 e. The highest BCUT2D eigenvalue weighted by Crippen LogP contribution is 2.23. The number of carboxylic acids is 1. The highest BCUT2D eigenvalue weighted by molar-refractivity contribution is 6.06. The van der Waals surface area contributed by atoms with Crippen molar-refractivity contribution < 1.29 is 19.1 Å². The van der Waals surface area contributed by atoms with Gasteiger partial charge in [-0.25, -0.2) is 4.39 Å². The number of aliphatic carboxylic acids is 1. The first-order chi connectivity index (χ1) is 9.25. The van der Waals surface area contributed by atoms with Crippen molar-refractivity contribution >= 4 is 17.6 Å². The number of hydrogen-bond acceptors (Lipinski definition) is 2. The summed E-state index contributed by atoms with van der Waals surface area (Å²) < 4.78 is 13.0. The molecule has 0 saturated heterocycles. The summed E-state index contributed by atoms with van der Waals surface area (Å²) in [4.78, 5) is 25.2. The molecule has 0 bridgehead atoms. The molecule has 4 nitrogen and oxygen atoms in total. The molecule has 0 heterocycles. The quantitative estimate of drug-likeness (QED) is 0.844. The average molecular weight is 281 g/mol. The van der Waals surface area contributed by atoms with E-state index in [0.717, 1.165) is 0 Å². The molecule has 1 amide bonds. The smallest absolute Gasteiger partial charge is 0.316 e. The topological polar surface area (TPSA) is 57.6 Å². The van der Waals surface area contributed by atoms with Crippen LogP contribution in [-0.2, 0) is 9.59 Å². The molecule has 1 aromatic rings. The van der Waals surface area contributed by atoms with E-state index in [0.29, 0.717) is 5.69 Å². The predicted octanol–water partition coefficient (Wildman–Crippen LogP) is 2.92. The van der Waals surface area contributed by atoms with Gasteiger partial charge in [-0.15, -0.1) is 0 Å². The molecule has 0 aromatic heterocycles. The summed E-state index contributed by atoms with van der Waals surface area (Å²) in [6, 6.07) is 5.25. The molecule has 1 rings (SSSR count). The van der Waals surface area contributed by atoms with E-state index in [4.69, 9.17) is 0 Å². The molecule has 1 aromatic carbocycles. The summed E-state index contributed by atoms with van der Waals surface area (Å²) in [5.74, 6) is -3.44. The molecule has 20 heavy (non-hydrogen) atoms. The third kappa shape index (κ3) is 3.56. The van der Waals surface area contributed by atoms with Gasteiger partial charge in [-0.3, -0.25) is 9.59 Å². The Morgan fingerprint density at radius 2 is 1.60 bits per heavy atom. The normalized spacial score (nSPS) is 12.6. The fourth-order valence-electron chi connectivity index (χ4n) is 2.11. The molecule has 0 radical (unpaired) electrons. The van der Waals surface area contributed by atoms with Crippen LogP contribution < -0.4 is 4.90 Å². The average Bonchev–Trinajstić information content (AvgIpc) is 2.30. The predicted molar refractivity (Wildman–Crippen MR) is 75.0 cm³/mol. The van der Waals surface area contributed by atoms with Crippen LogP contribution in [0.3, 0.4) is 0 Å². The first-order valence-corrected chi connectivity index (χ1v) is 6.57. The molecule has 0 fully saturated rings. The summed E-state index contributed by atoms with van der Waals surface area (Å²) in [7, 11) is 0. The van der Waals surface area contributed by atoms with Crippen molar-refractivity contribution in [3.8, 4) is 0 Å². The molecule has 0 aliphatic carbocycles. The second-order valence-electron chi connectivity index (χ2n) is 5.34. The van der Waals surface area contributed by atoms with Crippen molar-refractivity contribution in [2.24, 2.45) is 11.8 Å². The molecule has 0 aliphatic heterocycles. The van der Waals surface area contributed by atoms with Crippen LogP contribution in [0.5, 0.6) is 0 Å². The van der Waals surface area contributed by atoms with Gasteiger partial charge < -0.3 is 10.0 Å². The van der Waals surface area contributed by atoms with E-state index in [9.17, 15) is 19.1 Å². The number of halogens is 1. The number of carboxylic acid groups (broad SMARTS) is 1. The lowest BCUT2D eigenvalue weighted by molar-refractivity contribution is -0.148. The lowest BCUT2D eigenvalue weighted by atomic mass is 9.93. The Morgan fingerprint density at radius 3 is 1.95 bits per heavy atom. The van der Waals surface area contributed by atoms with Gasteiger partial charge in [0.25, 0.3) is 0 Å². The summed E-state index contributed by atoms with van der Waals surface area (Å²) in [5.41, 5.74) is 0.498. The standard InChI is InChI=1S/C15H20FNO3/c1-9(2)13(15(19)20)14(18)17(10(3)4)12-7-5-11(16)6-8-12/h5-10,13H,1-4H3,(H,19,20). The maximum atomic E-state index is 13.0. The highest BCUT2D eigenvalue weighted by Gasteiger charge is 2.35. The van der Waals surface area contributed by atoms with Crippen LogP contribution in [0, 0.1) is 17.7 Å². The third-order valence-electron chi connectivity index (χ3n) is 3.06. The van der Waals surface area contributed by atoms with E-state index in [1.165, 1.54) is 29.2 Å². The van der Waals surface area contributed by atoms with Crippen molar-refractivity contribution in [2.45, 2.75) is 33.7 Å². The first kappa shape index (κ1) is 16.1. The second kappa shape index (κ2) is 6.50. The van der Waals surface area contributed by atoms with Crippen LogP contribution in [0.25, 0.3) is 0 Å². The number of carbonyl (C=O) groups is 2. The van der Waals surface area contributed by atoms with E-state index >= 15 is 0 Å². The summed E-state index contributed by atoms with van der Waals surface area (Å²) in [6.07, 6.45) is 0. The van der Waals surface area contributed by atoms with Crippen molar-refractivity contribution in [3.63, 3.8) is 0 Å². The number of nitrogens with zero attached hydrogens (tertiary/aromatic N) is 1.